The first kappa shape index (κ1) is 28.1. The minimum atomic E-state index is -0.504. The van der Waals surface area contributed by atoms with Crippen LogP contribution in [0.1, 0.15) is 26.3 Å². The highest BCUT2D eigenvalue weighted by atomic mass is 19.1. The van der Waals surface area contributed by atoms with Gasteiger partial charge >= 0.3 is 0 Å². The average Bonchev–Trinajstić information content (AvgIpc) is 3.01. The zero-order valence-corrected chi connectivity index (χ0v) is 23.1. The Balaban J connectivity index is 1.31. The van der Waals surface area contributed by atoms with Gasteiger partial charge in [-0.2, -0.15) is 0 Å². The lowest BCUT2D eigenvalue weighted by Gasteiger charge is -2.37. The lowest BCUT2D eigenvalue weighted by atomic mass is 10.1. The van der Waals surface area contributed by atoms with Gasteiger partial charge in [-0.3, -0.25) is 14.4 Å². The van der Waals surface area contributed by atoms with Gasteiger partial charge in [0.25, 0.3) is 11.8 Å². The summed E-state index contributed by atoms with van der Waals surface area (Å²) in [5, 5.41) is 6.15. The van der Waals surface area contributed by atoms with E-state index in [1.54, 1.807) is 30.2 Å². The van der Waals surface area contributed by atoms with Gasteiger partial charge in [0.05, 0.1) is 24.9 Å². The second-order valence-electron chi connectivity index (χ2n) is 10.1. The van der Waals surface area contributed by atoms with Crippen molar-refractivity contribution in [2.24, 2.45) is 0 Å². The first-order valence-corrected chi connectivity index (χ1v) is 13.8. The van der Waals surface area contributed by atoms with Gasteiger partial charge in [0, 0.05) is 63.5 Å². The summed E-state index contributed by atoms with van der Waals surface area (Å²) in [6, 6.07) is 18.3. The van der Waals surface area contributed by atoms with Crippen molar-refractivity contribution in [3.8, 4) is 5.75 Å². The van der Waals surface area contributed by atoms with Crippen LogP contribution in [0.2, 0.25) is 0 Å². The number of nitrogens with one attached hydrogen (secondary N) is 2. The topological polar surface area (TPSA) is 94.2 Å². The molecule has 0 unspecified atom stereocenters. The number of carbonyl (C=O) groups is 3. The summed E-state index contributed by atoms with van der Waals surface area (Å²) in [7, 11) is 1.61. The molecule has 0 bridgehead atoms. The Hall–Kier alpha value is -4.44. The van der Waals surface area contributed by atoms with Crippen molar-refractivity contribution in [1.82, 2.24) is 15.1 Å². The highest BCUT2D eigenvalue weighted by Crippen LogP contribution is 2.30. The molecule has 2 N–H and O–H groups in total. The van der Waals surface area contributed by atoms with Gasteiger partial charge in [0.2, 0.25) is 5.91 Å². The van der Waals surface area contributed by atoms with Crippen LogP contribution in [-0.4, -0.2) is 87.0 Å². The predicted octanol–water partition coefficient (Wildman–Crippen LogP) is 3.02. The molecule has 0 atom stereocenters. The number of benzene rings is 3. The maximum Gasteiger partial charge on any atom is 0.255 e. The summed E-state index contributed by atoms with van der Waals surface area (Å²) in [4.78, 5) is 45.0. The van der Waals surface area contributed by atoms with E-state index in [2.05, 4.69) is 15.5 Å². The van der Waals surface area contributed by atoms with Gasteiger partial charge in [0.15, 0.2) is 0 Å². The lowest BCUT2D eigenvalue weighted by molar-refractivity contribution is -0.130. The van der Waals surface area contributed by atoms with Gasteiger partial charge in [-0.05, 0) is 54.1 Å². The molecule has 41 heavy (non-hydrogen) atoms. The van der Waals surface area contributed by atoms with E-state index in [4.69, 9.17) is 4.74 Å². The number of ether oxygens (including phenoxy) is 1. The molecule has 0 radical (unpaired) electrons. The molecule has 3 aromatic rings. The van der Waals surface area contributed by atoms with Crippen LogP contribution in [0.4, 0.5) is 15.8 Å². The summed E-state index contributed by atoms with van der Waals surface area (Å²) in [5.41, 5.74) is 2.79. The molecule has 0 aliphatic carbocycles. The average molecular weight is 560 g/mol. The third kappa shape index (κ3) is 6.83. The Morgan fingerprint density at radius 3 is 2.27 bits per heavy atom. The Kier molecular flexibility index (Phi) is 8.79. The molecule has 3 amide bonds. The van der Waals surface area contributed by atoms with Crippen molar-refractivity contribution in [2.45, 2.75) is 6.42 Å². The molecule has 2 saturated heterocycles. The number of nitrogens with zero attached hydrogens (tertiary/aromatic N) is 3. The van der Waals surface area contributed by atoms with E-state index in [0.717, 1.165) is 30.1 Å². The standard InChI is InChI=1S/C31H34FN5O4/c1-41-26-8-5-22(6-9-26)19-29(38)36-17-15-35(16-18-36)28-10-7-24(31(40)37-13-11-33-12-14-37)21-27(28)34-30(39)23-3-2-4-25(32)20-23/h2-10,20-21,33H,11-19H2,1H3,(H,34,39). The van der Waals surface area contributed by atoms with Crippen LogP contribution in [0.5, 0.6) is 5.75 Å². The van der Waals surface area contributed by atoms with Gasteiger partial charge in [-0.1, -0.05) is 18.2 Å². The van der Waals surface area contributed by atoms with Crippen molar-refractivity contribution in [3.63, 3.8) is 0 Å². The zero-order valence-electron chi connectivity index (χ0n) is 23.1. The number of carbonyl (C=O) groups excluding carboxylic acids is 3. The summed E-state index contributed by atoms with van der Waals surface area (Å²) < 4.78 is 19.0. The van der Waals surface area contributed by atoms with E-state index in [0.29, 0.717) is 56.9 Å². The summed E-state index contributed by atoms with van der Waals surface area (Å²) in [5.74, 6) is -0.280. The zero-order chi connectivity index (χ0) is 28.8. The van der Waals surface area contributed by atoms with Gasteiger partial charge in [0.1, 0.15) is 11.6 Å². The molecule has 5 rings (SSSR count). The van der Waals surface area contributed by atoms with Crippen molar-refractivity contribution in [1.29, 1.82) is 0 Å². The molecule has 2 heterocycles. The molecule has 3 aromatic carbocycles. The summed E-state index contributed by atoms with van der Waals surface area (Å²) >= 11 is 0. The first-order valence-electron chi connectivity index (χ1n) is 13.8. The molecule has 10 heteroatoms. The molecule has 0 aromatic heterocycles. The van der Waals surface area contributed by atoms with E-state index < -0.39 is 11.7 Å². The molecule has 2 aliphatic heterocycles. The number of hydrogen-bond acceptors (Lipinski definition) is 6. The fraction of sp³-hybridized carbons (Fsp3) is 0.323. The largest absolute Gasteiger partial charge is 0.497 e. The number of hydrogen-bond donors (Lipinski definition) is 2. The smallest absolute Gasteiger partial charge is 0.255 e. The van der Waals surface area contributed by atoms with Crippen LogP contribution in [-0.2, 0) is 11.2 Å². The van der Waals surface area contributed by atoms with Crippen LogP contribution in [0, 0.1) is 5.82 Å². The third-order valence-corrected chi connectivity index (χ3v) is 7.47. The SMILES string of the molecule is COc1ccc(CC(=O)N2CCN(c3ccc(C(=O)N4CCNCC4)cc3NC(=O)c3cccc(F)c3)CC2)cc1. The minimum Gasteiger partial charge on any atom is -0.497 e. The summed E-state index contributed by atoms with van der Waals surface area (Å²) in [6.07, 6.45) is 0.307. The van der Waals surface area contributed by atoms with Gasteiger partial charge in [-0.15, -0.1) is 0 Å². The van der Waals surface area contributed by atoms with E-state index >= 15 is 0 Å². The van der Waals surface area contributed by atoms with Gasteiger partial charge in [-0.25, -0.2) is 4.39 Å². The second kappa shape index (κ2) is 12.8. The molecule has 214 valence electrons. The Bertz CT molecular complexity index is 1400. The third-order valence-electron chi connectivity index (χ3n) is 7.47. The quantitative estimate of drug-likeness (QED) is 0.462. The molecular weight excluding hydrogens is 525 g/mol. The fourth-order valence-electron chi connectivity index (χ4n) is 5.15. The number of amides is 3. The maximum absolute atomic E-state index is 13.8. The highest BCUT2D eigenvalue weighted by molar-refractivity contribution is 6.07. The molecular formula is C31H34FN5O4. The number of rotatable bonds is 7. The molecule has 0 spiro atoms. The molecule has 2 fully saturated rings. The number of piperazine rings is 2. The Morgan fingerprint density at radius 2 is 1.59 bits per heavy atom. The highest BCUT2D eigenvalue weighted by Gasteiger charge is 2.25. The second-order valence-corrected chi connectivity index (χ2v) is 10.1. The molecule has 9 nitrogen and oxygen atoms in total. The van der Waals surface area contributed by atoms with Crippen molar-refractivity contribution >= 4 is 29.1 Å². The normalized spacial score (nSPS) is 15.4. The Labute approximate surface area is 238 Å². The van der Waals surface area contributed by atoms with Crippen LogP contribution in [0.25, 0.3) is 0 Å². The predicted molar refractivity (Wildman–Crippen MR) is 155 cm³/mol. The van der Waals surface area contributed by atoms with E-state index in [-0.39, 0.29) is 17.4 Å². The first-order chi connectivity index (χ1) is 19.9. The lowest BCUT2D eigenvalue weighted by Crippen LogP contribution is -2.49. The van der Waals surface area contributed by atoms with E-state index in [1.807, 2.05) is 35.2 Å². The Morgan fingerprint density at radius 1 is 0.854 bits per heavy atom. The minimum absolute atomic E-state index is 0.0476. The van der Waals surface area contributed by atoms with Gasteiger partial charge < -0.3 is 30.1 Å². The van der Waals surface area contributed by atoms with Crippen molar-refractivity contribution in [3.05, 3.63) is 89.2 Å². The number of anilines is 2. The maximum atomic E-state index is 13.8. The molecule has 2 aliphatic rings. The van der Waals surface area contributed by atoms with E-state index in [1.165, 1.54) is 18.2 Å². The van der Waals surface area contributed by atoms with Crippen molar-refractivity contribution in [2.75, 3.05) is 69.7 Å². The van der Waals surface area contributed by atoms with E-state index in [9.17, 15) is 18.8 Å². The van der Waals surface area contributed by atoms with Crippen LogP contribution < -0.4 is 20.3 Å². The fourth-order valence-corrected chi connectivity index (χ4v) is 5.15. The summed E-state index contributed by atoms with van der Waals surface area (Å²) in [6.45, 7) is 4.84. The van der Waals surface area contributed by atoms with Crippen molar-refractivity contribution < 1.29 is 23.5 Å². The number of methoxy groups -OCH3 is 1. The molecule has 0 saturated carbocycles. The number of halogens is 1. The van der Waals surface area contributed by atoms with Crippen LogP contribution in [0.15, 0.2) is 66.7 Å². The monoisotopic (exact) mass is 559 g/mol. The van der Waals surface area contributed by atoms with Crippen LogP contribution >= 0.6 is 0 Å². The van der Waals surface area contributed by atoms with Crippen LogP contribution in [0.3, 0.4) is 0 Å².